The molecule has 178 valence electrons. The van der Waals surface area contributed by atoms with Gasteiger partial charge in [-0.3, -0.25) is 14.6 Å². The Hall–Kier alpha value is -2.94. The lowest BCUT2D eigenvalue weighted by molar-refractivity contribution is -0.139. The molecule has 0 aromatic heterocycles. The van der Waals surface area contributed by atoms with Crippen LogP contribution in [0.1, 0.15) is 37.8 Å². The van der Waals surface area contributed by atoms with Gasteiger partial charge in [-0.05, 0) is 43.9 Å². The van der Waals surface area contributed by atoms with Crippen LogP contribution in [0, 0.1) is 11.7 Å². The van der Waals surface area contributed by atoms with E-state index in [9.17, 15) is 18.8 Å². The number of ether oxygens (including phenoxy) is 1. The van der Waals surface area contributed by atoms with Crippen molar-refractivity contribution in [2.45, 2.75) is 32.2 Å². The van der Waals surface area contributed by atoms with E-state index in [1.54, 1.807) is 26.1 Å². The average molecular weight is 459 g/mol. The third-order valence-electron chi connectivity index (χ3n) is 6.45. The van der Waals surface area contributed by atoms with Crippen LogP contribution in [0.15, 0.2) is 35.5 Å². The maximum atomic E-state index is 14.0. The van der Waals surface area contributed by atoms with Gasteiger partial charge in [0.1, 0.15) is 5.82 Å². The topological polar surface area (TPSA) is 82.2 Å². The van der Waals surface area contributed by atoms with E-state index >= 15 is 0 Å². The van der Waals surface area contributed by atoms with Crippen LogP contribution in [-0.4, -0.2) is 79.0 Å². The molecule has 0 bridgehead atoms. The van der Waals surface area contributed by atoms with E-state index in [1.807, 2.05) is 4.90 Å². The molecule has 3 amide bonds. The largest absolute Gasteiger partial charge is 0.463 e. The van der Waals surface area contributed by atoms with Gasteiger partial charge in [0.25, 0.3) is 0 Å². The monoisotopic (exact) mass is 458 g/mol. The lowest BCUT2D eigenvalue weighted by Crippen LogP contribution is -2.49. The van der Waals surface area contributed by atoms with Gasteiger partial charge < -0.3 is 15.0 Å². The molecule has 2 aliphatic heterocycles. The summed E-state index contributed by atoms with van der Waals surface area (Å²) in [6, 6.07) is 4.70. The van der Waals surface area contributed by atoms with Gasteiger partial charge in [0.15, 0.2) is 0 Å². The van der Waals surface area contributed by atoms with Gasteiger partial charge >= 0.3 is 12.0 Å². The molecular weight excluding hydrogens is 427 g/mol. The lowest BCUT2D eigenvalue weighted by Gasteiger charge is -2.36. The van der Waals surface area contributed by atoms with E-state index in [2.05, 4.69) is 10.2 Å². The molecule has 1 atom stereocenters. The molecule has 1 aromatic rings. The Labute approximate surface area is 193 Å². The van der Waals surface area contributed by atoms with Gasteiger partial charge in [0.05, 0.1) is 18.2 Å². The number of carbonyl (C=O) groups is 3. The fraction of sp³-hybridized carbons (Fsp3) is 0.542. The van der Waals surface area contributed by atoms with Gasteiger partial charge in [0, 0.05) is 51.4 Å². The molecule has 8 nitrogen and oxygen atoms in total. The van der Waals surface area contributed by atoms with E-state index in [0.29, 0.717) is 36.5 Å². The van der Waals surface area contributed by atoms with Crippen LogP contribution in [0.3, 0.4) is 0 Å². The fourth-order valence-electron chi connectivity index (χ4n) is 4.48. The predicted molar refractivity (Wildman–Crippen MR) is 119 cm³/mol. The van der Waals surface area contributed by atoms with Crippen molar-refractivity contribution in [1.29, 1.82) is 0 Å². The fourth-order valence-corrected chi connectivity index (χ4v) is 4.48. The summed E-state index contributed by atoms with van der Waals surface area (Å²) in [5, 5.41) is 2.81. The Morgan fingerprint density at radius 1 is 1.18 bits per heavy atom. The van der Waals surface area contributed by atoms with E-state index in [1.165, 1.54) is 17.0 Å². The second-order valence-corrected chi connectivity index (χ2v) is 8.81. The van der Waals surface area contributed by atoms with Crippen LogP contribution in [0.5, 0.6) is 0 Å². The van der Waals surface area contributed by atoms with E-state index < -0.39 is 17.8 Å². The van der Waals surface area contributed by atoms with Gasteiger partial charge in [-0.2, -0.15) is 0 Å². The summed E-state index contributed by atoms with van der Waals surface area (Å²) in [5.41, 5.74) is 1.32. The summed E-state index contributed by atoms with van der Waals surface area (Å²) < 4.78 is 19.3. The van der Waals surface area contributed by atoms with Gasteiger partial charge in [-0.15, -0.1) is 0 Å². The standard InChI is InChI=1S/C24H31FN4O4/c1-3-33-23(31)20-19(15-28-10-5-11-29(13-12-28)22(30)16-8-9-16)27(2)24(32)26-21(20)17-6-4-7-18(25)14-17/h4,6-7,14,16,21H,3,5,8-13,15H2,1-2H3,(H,26,32). The minimum absolute atomic E-state index is 0.186. The summed E-state index contributed by atoms with van der Waals surface area (Å²) in [4.78, 5) is 43.9. The van der Waals surface area contributed by atoms with Crippen molar-refractivity contribution in [2.24, 2.45) is 5.92 Å². The summed E-state index contributed by atoms with van der Waals surface area (Å²) in [5.74, 6) is -0.550. The zero-order chi connectivity index (χ0) is 23.5. The van der Waals surface area contributed by atoms with Gasteiger partial charge in [-0.1, -0.05) is 12.1 Å². The molecule has 1 aromatic carbocycles. The third kappa shape index (κ3) is 5.19. The van der Waals surface area contributed by atoms with Crippen molar-refractivity contribution in [3.63, 3.8) is 0 Å². The van der Waals surface area contributed by atoms with Crippen LogP contribution in [0.2, 0.25) is 0 Å². The number of nitrogens with zero attached hydrogens (tertiary/aromatic N) is 3. The molecule has 9 heteroatoms. The molecule has 3 aliphatic rings. The molecule has 1 saturated carbocycles. The molecule has 1 N–H and O–H groups in total. The van der Waals surface area contributed by atoms with Crippen molar-refractivity contribution in [2.75, 3.05) is 46.4 Å². The molecule has 2 heterocycles. The SMILES string of the molecule is CCOC(=O)C1=C(CN2CCCN(C(=O)C3CC3)CC2)N(C)C(=O)NC1c1cccc(F)c1. The number of carbonyl (C=O) groups excluding carboxylic acids is 3. The number of amides is 3. The first-order chi connectivity index (χ1) is 15.9. The van der Waals surface area contributed by atoms with E-state index in [0.717, 1.165) is 32.4 Å². The summed E-state index contributed by atoms with van der Waals surface area (Å²) in [6.07, 6.45) is 2.79. The molecule has 2 fully saturated rings. The van der Waals surface area contributed by atoms with Crippen molar-refractivity contribution in [3.05, 3.63) is 46.9 Å². The normalized spacial score (nSPS) is 22.2. The molecule has 0 radical (unpaired) electrons. The molecular formula is C24H31FN4O4. The third-order valence-corrected chi connectivity index (χ3v) is 6.45. The highest BCUT2D eigenvalue weighted by Crippen LogP contribution is 2.33. The Morgan fingerprint density at radius 3 is 2.67 bits per heavy atom. The molecule has 1 unspecified atom stereocenters. The highest BCUT2D eigenvalue weighted by atomic mass is 19.1. The Bertz CT molecular complexity index is 962. The smallest absolute Gasteiger partial charge is 0.338 e. The maximum Gasteiger partial charge on any atom is 0.338 e. The minimum atomic E-state index is -0.807. The van der Waals surface area contributed by atoms with E-state index in [4.69, 9.17) is 4.74 Å². The summed E-state index contributed by atoms with van der Waals surface area (Å²) >= 11 is 0. The summed E-state index contributed by atoms with van der Waals surface area (Å²) in [6.45, 7) is 5.01. The van der Waals surface area contributed by atoms with Crippen molar-refractivity contribution in [1.82, 2.24) is 20.0 Å². The van der Waals surface area contributed by atoms with Crippen LogP contribution in [0.25, 0.3) is 0 Å². The van der Waals surface area contributed by atoms with Gasteiger partial charge in [0.2, 0.25) is 5.91 Å². The Kier molecular flexibility index (Phi) is 6.97. The number of likely N-dealkylation sites (N-methyl/N-ethyl adjacent to an activating group) is 1. The number of urea groups is 1. The molecule has 4 rings (SSSR count). The van der Waals surface area contributed by atoms with Crippen LogP contribution in [-0.2, 0) is 14.3 Å². The lowest BCUT2D eigenvalue weighted by atomic mass is 9.94. The number of rotatable bonds is 6. The zero-order valence-corrected chi connectivity index (χ0v) is 19.2. The van der Waals surface area contributed by atoms with Gasteiger partial charge in [-0.25, -0.2) is 14.0 Å². The van der Waals surface area contributed by atoms with Crippen molar-refractivity contribution < 1.29 is 23.5 Å². The first-order valence-corrected chi connectivity index (χ1v) is 11.6. The highest BCUT2D eigenvalue weighted by Gasteiger charge is 2.38. The molecule has 1 saturated heterocycles. The number of halogens is 1. The molecule has 33 heavy (non-hydrogen) atoms. The van der Waals surface area contributed by atoms with Crippen LogP contribution in [0.4, 0.5) is 9.18 Å². The van der Waals surface area contributed by atoms with Crippen molar-refractivity contribution >= 4 is 17.9 Å². The Balaban J connectivity index is 1.62. The molecule has 0 spiro atoms. The second kappa shape index (κ2) is 9.91. The highest BCUT2D eigenvalue weighted by molar-refractivity contribution is 5.95. The number of nitrogens with one attached hydrogen (secondary N) is 1. The van der Waals surface area contributed by atoms with Crippen molar-refractivity contribution in [3.8, 4) is 0 Å². The van der Waals surface area contributed by atoms with E-state index in [-0.39, 0.29) is 24.5 Å². The number of hydrogen-bond donors (Lipinski definition) is 1. The second-order valence-electron chi connectivity index (χ2n) is 8.81. The number of esters is 1. The Morgan fingerprint density at radius 2 is 1.97 bits per heavy atom. The maximum absolute atomic E-state index is 14.0. The van der Waals surface area contributed by atoms with Crippen LogP contribution < -0.4 is 5.32 Å². The first kappa shape index (κ1) is 23.2. The first-order valence-electron chi connectivity index (χ1n) is 11.6. The van der Waals surface area contributed by atoms with Crippen LogP contribution >= 0.6 is 0 Å². The minimum Gasteiger partial charge on any atom is -0.463 e. The summed E-state index contributed by atoms with van der Waals surface area (Å²) in [7, 11) is 1.62. The average Bonchev–Trinajstić information content (AvgIpc) is 3.64. The number of hydrogen-bond acceptors (Lipinski definition) is 5. The molecule has 1 aliphatic carbocycles. The number of benzene rings is 1. The predicted octanol–water partition coefficient (Wildman–Crippen LogP) is 2.28. The quantitative estimate of drug-likeness (QED) is 0.662. The zero-order valence-electron chi connectivity index (χ0n) is 19.2.